The highest BCUT2D eigenvalue weighted by molar-refractivity contribution is 5.37. The Bertz CT molecular complexity index is 839. The Morgan fingerprint density at radius 3 is 2.04 bits per heavy atom. The molecule has 0 heterocycles. The van der Waals surface area contributed by atoms with Crippen LogP contribution in [-0.4, -0.2) is 13.2 Å². The number of ether oxygens (including phenoxy) is 3. The van der Waals surface area contributed by atoms with E-state index in [0.717, 1.165) is 23.0 Å². The van der Waals surface area contributed by atoms with E-state index in [1.807, 2.05) is 73.7 Å². The third-order valence-corrected chi connectivity index (χ3v) is 4.33. The van der Waals surface area contributed by atoms with Gasteiger partial charge in [0.25, 0.3) is 0 Å². The highest BCUT2D eigenvalue weighted by Gasteiger charge is 2.22. The van der Waals surface area contributed by atoms with Gasteiger partial charge in [-0.2, -0.15) is 0 Å². The van der Waals surface area contributed by atoms with Gasteiger partial charge in [-0.1, -0.05) is 50.2 Å². The first-order valence-electron chi connectivity index (χ1n) is 9.26. The minimum absolute atomic E-state index is 0.124. The van der Waals surface area contributed by atoms with E-state index in [4.69, 9.17) is 14.2 Å². The lowest BCUT2D eigenvalue weighted by molar-refractivity contribution is 0.240. The van der Waals surface area contributed by atoms with Crippen molar-refractivity contribution in [2.75, 3.05) is 13.2 Å². The second-order valence-electron chi connectivity index (χ2n) is 7.02. The molecule has 0 N–H and O–H groups in total. The summed E-state index contributed by atoms with van der Waals surface area (Å²) in [5, 5.41) is 0. The topological polar surface area (TPSA) is 27.7 Å². The van der Waals surface area contributed by atoms with E-state index in [2.05, 4.69) is 26.0 Å². The number of hydrogen-bond acceptors (Lipinski definition) is 3. The number of benzene rings is 3. The molecule has 0 aromatic heterocycles. The van der Waals surface area contributed by atoms with E-state index < -0.39 is 0 Å². The predicted octanol–water partition coefficient (Wildman–Crippen LogP) is 6.23. The van der Waals surface area contributed by atoms with Crippen molar-refractivity contribution in [2.45, 2.75) is 26.2 Å². The highest BCUT2D eigenvalue weighted by atomic mass is 16.5. The Kier molecular flexibility index (Phi) is 6.02. The van der Waals surface area contributed by atoms with Crippen molar-refractivity contribution in [1.82, 2.24) is 0 Å². The number of rotatable bonds is 8. The zero-order valence-electron chi connectivity index (χ0n) is 16.1. The Morgan fingerprint density at radius 1 is 0.667 bits per heavy atom. The molecule has 3 aromatic carbocycles. The minimum atomic E-state index is -0.124. The molecule has 0 aliphatic rings. The lowest BCUT2D eigenvalue weighted by Gasteiger charge is -2.25. The van der Waals surface area contributed by atoms with Gasteiger partial charge < -0.3 is 14.2 Å². The van der Waals surface area contributed by atoms with Crippen molar-refractivity contribution in [3.05, 3.63) is 84.4 Å². The number of para-hydroxylation sites is 1. The van der Waals surface area contributed by atoms with Crippen molar-refractivity contribution < 1.29 is 14.2 Å². The maximum absolute atomic E-state index is 6.07. The molecular formula is C24H26O3. The predicted molar refractivity (Wildman–Crippen MR) is 109 cm³/mol. The summed E-state index contributed by atoms with van der Waals surface area (Å²) < 4.78 is 17.5. The summed E-state index contributed by atoms with van der Waals surface area (Å²) in [5.41, 5.74) is 1.09. The third kappa shape index (κ3) is 5.27. The van der Waals surface area contributed by atoms with Gasteiger partial charge in [-0.05, 0) is 48.9 Å². The first-order valence-corrected chi connectivity index (χ1v) is 9.26. The summed E-state index contributed by atoms with van der Waals surface area (Å²) in [6.07, 6.45) is 0. The molecule has 27 heavy (non-hydrogen) atoms. The van der Waals surface area contributed by atoms with Gasteiger partial charge >= 0.3 is 0 Å². The Balaban J connectivity index is 1.64. The molecule has 3 aromatic rings. The molecule has 3 heteroatoms. The van der Waals surface area contributed by atoms with Crippen LogP contribution in [0.4, 0.5) is 0 Å². The summed E-state index contributed by atoms with van der Waals surface area (Å²) in [6.45, 7) is 7.57. The van der Waals surface area contributed by atoms with Crippen LogP contribution in [-0.2, 0) is 5.41 Å². The van der Waals surface area contributed by atoms with E-state index in [-0.39, 0.29) is 5.41 Å². The van der Waals surface area contributed by atoms with Crippen molar-refractivity contribution in [3.63, 3.8) is 0 Å². The van der Waals surface area contributed by atoms with Gasteiger partial charge in [0.15, 0.2) is 0 Å². The fraction of sp³-hybridized carbons (Fsp3) is 0.250. The third-order valence-electron chi connectivity index (χ3n) is 4.33. The first-order chi connectivity index (χ1) is 13.1. The molecule has 0 saturated heterocycles. The molecule has 0 amide bonds. The quantitative estimate of drug-likeness (QED) is 0.475. The van der Waals surface area contributed by atoms with Gasteiger partial charge in [-0.25, -0.2) is 0 Å². The molecule has 3 nitrogen and oxygen atoms in total. The van der Waals surface area contributed by atoms with Crippen LogP contribution in [0, 0.1) is 0 Å². The zero-order chi connectivity index (χ0) is 19.1. The molecule has 0 bridgehead atoms. The fourth-order valence-corrected chi connectivity index (χ4v) is 2.77. The summed E-state index contributed by atoms with van der Waals surface area (Å²) in [6, 6.07) is 25.7. The summed E-state index contributed by atoms with van der Waals surface area (Å²) >= 11 is 0. The van der Waals surface area contributed by atoms with Gasteiger partial charge in [0.05, 0.1) is 13.2 Å². The molecule has 0 spiro atoms. The SMILES string of the molecule is CCOc1ccc(C(C)(C)COc2cccc(Oc3ccccc3)c2)cc1. The van der Waals surface area contributed by atoms with Crippen LogP contribution in [0.1, 0.15) is 26.3 Å². The standard InChI is InChI=1S/C24H26O3/c1-4-25-20-15-13-19(14-16-20)24(2,3)18-26-22-11-8-12-23(17-22)27-21-9-6-5-7-10-21/h5-17H,4,18H2,1-3H3. The largest absolute Gasteiger partial charge is 0.494 e. The zero-order valence-corrected chi connectivity index (χ0v) is 16.1. The fourth-order valence-electron chi connectivity index (χ4n) is 2.77. The molecule has 3 rings (SSSR count). The Morgan fingerprint density at radius 2 is 1.33 bits per heavy atom. The lowest BCUT2D eigenvalue weighted by Crippen LogP contribution is -2.26. The highest BCUT2D eigenvalue weighted by Crippen LogP contribution is 2.29. The van der Waals surface area contributed by atoms with Crippen LogP contribution < -0.4 is 14.2 Å². The molecule has 0 fully saturated rings. The lowest BCUT2D eigenvalue weighted by atomic mass is 9.85. The number of hydrogen-bond donors (Lipinski definition) is 0. The van der Waals surface area contributed by atoms with Crippen molar-refractivity contribution in [1.29, 1.82) is 0 Å². The maximum atomic E-state index is 6.07. The molecule has 0 aliphatic heterocycles. The normalized spacial score (nSPS) is 11.1. The second-order valence-corrected chi connectivity index (χ2v) is 7.02. The molecule has 0 saturated carbocycles. The average molecular weight is 362 g/mol. The van der Waals surface area contributed by atoms with Gasteiger partial charge in [0.1, 0.15) is 23.0 Å². The van der Waals surface area contributed by atoms with Crippen molar-refractivity contribution in [3.8, 4) is 23.0 Å². The van der Waals surface area contributed by atoms with Crippen molar-refractivity contribution >= 4 is 0 Å². The van der Waals surface area contributed by atoms with E-state index in [9.17, 15) is 0 Å². The van der Waals surface area contributed by atoms with Gasteiger partial charge in [-0.3, -0.25) is 0 Å². The summed E-state index contributed by atoms with van der Waals surface area (Å²) in [5.74, 6) is 3.26. The van der Waals surface area contributed by atoms with Crippen LogP contribution in [0.5, 0.6) is 23.0 Å². The van der Waals surface area contributed by atoms with Gasteiger partial charge in [0, 0.05) is 11.5 Å². The first kappa shape index (κ1) is 18.8. The molecule has 0 radical (unpaired) electrons. The van der Waals surface area contributed by atoms with Gasteiger partial charge in [0.2, 0.25) is 0 Å². The average Bonchev–Trinajstić information content (AvgIpc) is 2.68. The van der Waals surface area contributed by atoms with Gasteiger partial charge in [-0.15, -0.1) is 0 Å². The van der Waals surface area contributed by atoms with Crippen LogP contribution >= 0.6 is 0 Å². The molecule has 0 unspecified atom stereocenters. The van der Waals surface area contributed by atoms with Crippen LogP contribution in [0.2, 0.25) is 0 Å². The molecule has 140 valence electrons. The summed E-state index contributed by atoms with van der Waals surface area (Å²) in [7, 11) is 0. The summed E-state index contributed by atoms with van der Waals surface area (Å²) in [4.78, 5) is 0. The van der Waals surface area contributed by atoms with Crippen LogP contribution in [0.15, 0.2) is 78.9 Å². The van der Waals surface area contributed by atoms with Crippen LogP contribution in [0.25, 0.3) is 0 Å². The van der Waals surface area contributed by atoms with E-state index in [0.29, 0.717) is 13.2 Å². The van der Waals surface area contributed by atoms with Crippen LogP contribution in [0.3, 0.4) is 0 Å². The second kappa shape index (κ2) is 8.63. The van der Waals surface area contributed by atoms with E-state index in [1.54, 1.807) is 0 Å². The Hall–Kier alpha value is -2.94. The minimum Gasteiger partial charge on any atom is -0.494 e. The molecular weight excluding hydrogens is 336 g/mol. The maximum Gasteiger partial charge on any atom is 0.131 e. The molecule has 0 aliphatic carbocycles. The van der Waals surface area contributed by atoms with E-state index in [1.165, 1.54) is 5.56 Å². The van der Waals surface area contributed by atoms with E-state index >= 15 is 0 Å². The van der Waals surface area contributed by atoms with Crippen molar-refractivity contribution in [2.24, 2.45) is 0 Å². The molecule has 0 atom stereocenters. The Labute approximate surface area is 161 Å². The monoisotopic (exact) mass is 362 g/mol. The smallest absolute Gasteiger partial charge is 0.131 e.